The Balaban J connectivity index is 3.49. The van der Waals surface area contributed by atoms with E-state index in [-0.39, 0.29) is 0 Å². The molecule has 0 saturated heterocycles. The van der Waals surface area contributed by atoms with Crippen LogP contribution in [-0.4, -0.2) is 0 Å². The van der Waals surface area contributed by atoms with Gasteiger partial charge in [0.05, 0.1) is 6.20 Å². The lowest BCUT2D eigenvalue weighted by Crippen LogP contribution is -1.60. The average Bonchev–Trinajstić information content (AvgIpc) is 1.68. The lowest BCUT2D eigenvalue weighted by Gasteiger charge is -1.80. The van der Waals surface area contributed by atoms with Crippen molar-refractivity contribution in [2.75, 3.05) is 0 Å². The second-order valence-electron chi connectivity index (χ2n) is 1.03. The molecule has 3 heteroatoms. The standard InChI is InChI=1S/C4H6ClNO/c1-2-4(5)3-6-7/h3H,2H2,1H3/b4-3+. The van der Waals surface area contributed by atoms with Gasteiger partial charge in [0.1, 0.15) is 0 Å². The summed E-state index contributed by atoms with van der Waals surface area (Å²) >= 11 is 5.33. The molecule has 0 spiro atoms. The molecule has 2 nitrogen and oxygen atoms in total. The summed E-state index contributed by atoms with van der Waals surface area (Å²) in [4.78, 5) is 9.36. The molecule has 0 aliphatic rings. The lowest BCUT2D eigenvalue weighted by molar-refractivity contribution is 1.18. The van der Waals surface area contributed by atoms with E-state index >= 15 is 0 Å². The predicted molar refractivity (Wildman–Crippen MR) is 30.0 cm³/mol. The van der Waals surface area contributed by atoms with Gasteiger partial charge in [-0.2, -0.15) is 0 Å². The first kappa shape index (κ1) is 6.63. The molecule has 0 fully saturated rings. The normalized spacial score (nSPS) is 11.4. The van der Waals surface area contributed by atoms with Crippen molar-refractivity contribution in [1.29, 1.82) is 0 Å². The maximum absolute atomic E-state index is 9.36. The molecule has 0 aromatic rings. The minimum absolute atomic E-state index is 0.495. The second kappa shape index (κ2) is 3.81. The van der Waals surface area contributed by atoms with Crippen LogP contribution in [0, 0.1) is 4.91 Å². The van der Waals surface area contributed by atoms with Gasteiger partial charge in [-0.1, -0.05) is 18.5 Å². The van der Waals surface area contributed by atoms with Crippen LogP contribution in [0.5, 0.6) is 0 Å². The van der Waals surface area contributed by atoms with Gasteiger partial charge in [-0.3, -0.25) is 0 Å². The first-order valence-electron chi connectivity index (χ1n) is 1.98. The molecule has 40 valence electrons. The van der Waals surface area contributed by atoms with E-state index < -0.39 is 0 Å². The molecular formula is C4H6ClNO. The van der Waals surface area contributed by atoms with Crippen LogP contribution in [0.3, 0.4) is 0 Å². The van der Waals surface area contributed by atoms with Gasteiger partial charge in [-0.15, -0.1) is 4.91 Å². The zero-order chi connectivity index (χ0) is 5.70. The minimum Gasteiger partial charge on any atom is -0.145 e. The van der Waals surface area contributed by atoms with E-state index in [9.17, 15) is 4.91 Å². The topological polar surface area (TPSA) is 29.4 Å². The third-order valence-corrected chi connectivity index (χ3v) is 0.895. The Morgan fingerprint density at radius 2 is 2.57 bits per heavy atom. The van der Waals surface area contributed by atoms with Crippen LogP contribution in [0.1, 0.15) is 13.3 Å². The summed E-state index contributed by atoms with van der Waals surface area (Å²) in [6.07, 6.45) is 1.77. The van der Waals surface area contributed by atoms with E-state index in [1.165, 1.54) is 0 Å². The van der Waals surface area contributed by atoms with Crippen molar-refractivity contribution >= 4 is 11.6 Å². The maximum atomic E-state index is 9.36. The lowest BCUT2D eigenvalue weighted by atomic mass is 10.5. The Hall–Kier alpha value is -0.370. The molecule has 0 rings (SSSR count). The van der Waals surface area contributed by atoms with Crippen LogP contribution in [0.2, 0.25) is 0 Å². The fourth-order valence-corrected chi connectivity index (χ4v) is 0.188. The molecule has 0 atom stereocenters. The molecule has 0 amide bonds. The van der Waals surface area contributed by atoms with Gasteiger partial charge in [0.2, 0.25) is 0 Å². The summed E-state index contributed by atoms with van der Waals surface area (Å²) in [6, 6.07) is 0. The molecule has 0 saturated carbocycles. The van der Waals surface area contributed by atoms with Crippen molar-refractivity contribution in [3.05, 3.63) is 16.1 Å². The number of nitrogens with zero attached hydrogens (tertiary/aromatic N) is 1. The van der Waals surface area contributed by atoms with Crippen molar-refractivity contribution in [3.63, 3.8) is 0 Å². The fourth-order valence-electron chi connectivity index (χ4n) is 0.148. The molecule has 0 heterocycles. The Morgan fingerprint density at radius 1 is 2.00 bits per heavy atom. The number of halogens is 1. The molecule has 0 bridgehead atoms. The fraction of sp³-hybridized carbons (Fsp3) is 0.500. The summed E-state index contributed by atoms with van der Waals surface area (Å²) in [6.45, 7) is 1.85. The highest BCUT2D eigenvalue weighted by Gasteiger charge is 1.81. The van der Waals surface area contributed by atoms with E-state index in [1.807, 2.05) is 6.92 Å². The smallest absolute Gasteiger partial charge is 0.0859 e. The van der Waals surface area contributed by atoms with Crippen LogP contribution < -0.4 is 0 Å². The molecular weight excluding hydrogens is 114 g/mol. The highest BCUT2D eigenvalue weighted by atomic mass is 35.5. The summed E-state index contributed by atoms with van der Waals surface area (Å²) in [5.74, 6) is 0. The highest BCUT2D eigenvalue weighted by Crippen LogP contribution is 2.04. The van der Waals surface area contributed by atoms with E-state index in [4.69, 9.17) is 11.6 Å². The van der Waals surface area contributed by atoms with Crippen LogP contribution in [0.25, 0.3) is 0 Å². The monoisotopic (exact) mass is 119 g/mol. The zero-order valence-electron chi connectivity index (χ0n) is 4.02. The third kappa shape index (κ3) is 3.46. The Kier molecular flexibility index (Phi) is 3.61. The molecule has 0 radical (unpaired) electrons. The first-order valence-corrected chi connectivity index (χ1v) is 2.36. The SMILES string of the molecule is CC/C(Cl)=C\N=O. The number of hydrogen-bond acceptors (Lipinski definition) is 2. The molecule has 7 heavy (non-hydrogen) atoms. The number of rotatable bonds is 2. The van der Waals surface area contributed by atoms with Gasteiger partial charge < -0.3 is 0 Å². The van der Waals surface area contributed by atoms with Gasteiger partial charge >= 0.3 is 0 Å². The van der Waals surface area contributed by atoms with E-state index in [0.29, 0.717) is 11.5 Å². The maximum Gasteiger partial charge on any atom is 0.0859 e. The summed E-state index contributed by atoms with van der Waals surface area (Å²) in [5.41, 5.74) is 0. The number of hydrogen-bond donors (Lipinski definition) is 0. The van der Waals surface area contributed by atoms with Crippen molar-refractivity contribution in [1.82, 2.24) is 0 Å². The molecule has 0 aromatic carbocycles. The summed E-state index contributed by atoms with van der Waals surface area (Å²) in [7, 11) is 0. The molecule has 0 N–H and O–H groups in total. The van der Waals surface area contributed by atoms with Crippen LogP contribution in [-0.2, 0) is 0 Å². The number of allylic oxidation sites excluding steroid dienone is 1. The van der Waals surface area contributed by atoms with Gasteiger partial charge in [-0.05, 0) is 11.6 Å². The largest absolute Gasteiger partial charge is 0.145 e. The molecule has 0 aliphatic heterocycles. The third-order valence-electron chi connectivity index (χ3n) is 0.531. The average molecular weight is 120 g/mol. The van der Waals surface area contributed by atoms with Crippen molar-refractivity contribution < 1.29 is 0 Å². The highest BCUT2D eigenvalue weighted by molar-refractivity contribution is 6.29. The van der Waals surface area contributed by atoms with E-state index in [0.717, 1.165) is 6.20 Å². The number of nitroso groups, excluding NO2 is 1. The quantitative estimate of drug-likeness (QED) is 0.513. The summed E-state index contributed by atoms with van der Waals surface area (Å²) < 4.78 is 0. The van der Waals surface area contributed by atoms with E-state index in [2.05, 4.69) is 5.18 Å². The van der Waals surface area contributed by atoms with Gasteiger partial charge in [0.25, 0.3) is 0 Å². The van der Waals surface area contributed by atoms with Gasteiger partial charge in [-0.25, -0.2) is 0 Å². The van der Waals surface area contributed by atoms with Crippen molar-refractivity contribution in [2.24, 2.45) is 5.18 Å². The molecule has 0 aromatic heterocycles. The van der Waals surface area contributed by atoms with Crippen LogP contribution in [0.4, 0.5) is 0 Å². The minimum atomic E-state index is 0.495. The predicted octanol–water partition coefficient (Wildman–Crippen LogP) is 2.24. The molecule has 0 aliphatic carbocycles. The zero-order valence-corrected chi connectivity index (χ0v) is 4.77. The first-order chi connectivity index (χ1) is 3.31. The van der Waals surface area contributed by atoms with Crippen molar-refractivity contribution in [2.45, 2.75) is 13.3 Å². The molecule has 0 unspecified atom stereocenters. The summed E-state index contributed by atoms with van der Waals surface area (Å²) in [5, 5.41) is 2.96. The van der Waals surface area contributed by atoms with Crippen LogP contribution >= 0.6 is 11.6 Å². The Morgan fingerprint density at radius 3 is 2.71 bits per heavy atom. The second-order valence-corrected chi connectivity index (χ2v) is 1.52. The van der Waals surface area contributed by atoms with E-state index in [1.54, 1.807) is 0 Å². The Labute approximate surface area is 47.1 Å². The van der Waals surface area contributed by atoms with Crippen LogP contribution in [0.15, 0.2) is 16.4 Å². The van der Waals surface area contributed by atoms with Crippen molar-refractivity contribution in [3.8, 4) is 0 Å². The van der Waals surface area contributed by atoms with Gasteiger partial charge in [0.15, 0.2) is 0 Å². The Bertz CT molecular complexity index is 89.7. The van der Waals surface area contributed by atoms with Gasteiger partial charge in [0, 0.05) is 5.03 Å².